The summed E-state index contributed by atoms with van der Waals surface area (Å²) in [6.45, 7) is 4.79. The second kappa shape index (κ2) is 48.2. The van der Waals surface area contributed by atoms with Crippen molar-refractivity contribution in [3.63, 3.8) is 0 Å². The molecule has 0 saturated carbocycles. The molecule has 0 aliphatic carbocycles. The normalized spacial score (nSPS) is 13.9. The number of hydrogen-bond acceptors (Lipinski definition) is 7. The Bertz CT molecular complexity index is 1110. The zero-order valence-corrected chi connectivity index (χ0v) is 39.8. The summed E-state index contributed by atoms with van der Waals surface area (Å²) in [7, 11) is -4.29. The van der Waals surface area contributed by atoms with Gasteiger partial charge in [-0.05, 0) is 57.8 Å². The highest BCUT2D eigenvalue weighted by molar-refractivity contribution is 7.47. The molecule has 2 unspecified atom stereocenters. The van der Waals surface area contributed by atoms with Crippen molar-refractivity contribution >= 4 is 13.8 Å². The first-order valence-corrected chi connectivity index (χ1v) is 26.3. The first-order chi connectivity index (χ1) is 29.4. The quantitative estimate of drug-likeness (QED) is 0.0269. The molecule has 3 N–H and O–H groups in total. The predicted octanol–water partition coefficient (Wildman–Crippen LogP) is 15.3. The number of hydrogen-bond donors (Lipinski definition) is 2. The minimum absolute atomic E-state index is 0.0933. The molecule has 0 aromatic heterocycles. The highest BCUT2D eigenvalue weighted by atomic mass is 31.2. The summed E-state index contributed by atoms with van der Waals surface area (Å²) in [6, 6.07) is 0. The SMILES string of the molecule is CC/C=C\C/C=C\C/C=C\C/C=C\C/C=C\CCCCCC(=O)OC(COCCCCCCCCCCCCCCCCCCCCCCCC)COP(=O)(O)OCCN. The third-order valence-corrected chi connectivity index (χ3v) is 11.4. The molecule has 8 nitrogen and oxygen atoms in total. The zero-order valence-electron chi connectivity index (χ0n) is 38.9. The third kappa shape index (κ3) is 47.3. The van der Waals surface area contributed by atoms with E-state index in [9.17, 15) is 14.3 Å². The number of esters is 1. The number of phosphoric acid groups is 1. The van der Waals surface area contributed by atoms with Crippen LogP contribution in [0.4, 0.5) is 0 Å². The summed E-state index contributed by atoms with van der Waals surface area (Å²) in [5, 5.41) is 0. The maximum Gasteiger partial charge on any atom is 0.472 e. The van der Waals surface area contributed by atoms with Gasteiger partial charge in [0, 0.05) is 19.6 Å². The highest BCUT2D eigenvalue weighted by Crippen LogP contribution is 2.43. The molecule has 0 amide bonds. The van der Waals surface area contributed by atoms with E-state index in [0.29, 0.717) is 6.61 Å². The number of ether oxygens (including phenoxy) is 2. The van der Waals surface area contributed by atoms with Crippen molar-refractivity contribution in [3.05, 3.63) is 60.8 Å². The van der Waals surface area contributed by atoms with Crippen LogP contribution in [0.1, 0.15) is 219 Å². The van der Waals surface area contributed by atoms with E-state index in [4.69, 9.17) is 24.3 Å². The van der Waals surface area contributed by atoms with Gasteiger partial charge < -0.3 is 20.1 Å². The topological polar surface area (TPSA) is 117 Å². The van der Waals surface area contributed by atoms with Gasteiger partial charge in [-0.3, -0.25) is 13.8 Å². The van der Waals surface area contributed by atoms with Crippen LogP contribution >= 0.6 is 7.82 Å². The Morgan fingerprint density at radius 1 is 0.517 bits per heavy atom. The molecule has 350 valence electrons. The Kier molecular flexibility index (Phi) is 46.8. The monoisotopic (exact) mass is 864 g/mol. The van der Waals surface area contributed by atoms with E-state index >= 15 is 0 Å². The molecule has 0 fully saturated rings. The van der Waals surface area contributed by atoms with E-state index in [1.165, 1.54) is 128 Å². The van der Waals surface area contributed by atoms with E-state index < -0.39 is 13.9 Å². The second-order valence-corrected chi connectivity index (χ2v) is 17.8. The fraction of sp³-hybridized carbons (Fsp3) is 0.784. The Morgan fingerprint density at radius 2 is 0.933 bits per heavy atom. The van der Waals surface area contributed by atoms with Crippen LogP contribution in [-0.4, -0.2) is 49.9 Å². The standard InChI is InChI=1S/C51H94NO7P/c1-3-5-7-9-11-13-15-17-19-21-23-24-25-27-29-31-33-35-37-39-41-43-46-56-48-50(49-58-60(54,55)57-47-45-52)59-51(53)44-42-40-38-36-34-32-30-28-26-22-20-18-16-14-12-10-8-6-4-2/h6,8,12,14,18,20,26,28,32,34,50H,3-5,7,9-11,13,15-17,19,21-25,27,29-31,33,35-49,52H2,1-2H3,(H,54,55)/b8-6-,14-12-,20-18-,28-26-,34-32-. The molecular formula is C51H94NO7P. The fourth-order valence-electron chi connectivity index (χ4n) is 6.85. The molecule has 0 spiro atoms. The molecule has 0 radical (unpaired) electrons. The lowest BCUT2D eigenvalue weighted by molar-refractivity contribution is -0.154. The van der Waals surface area contributed by atoms with Gasteiger partial charge in [-0.2, -0.15) is 0 Å². The zero-order chi connectivity index (χ0) is 43.7. The Labute approximate surface area is 370 Å². The van der Waals surface area contributed by atoms with Crippen LogP contribution in [-0.2, 0) is 27.9 Å². The van der Waals surface area contributed by atoms with Crippen molar-refractivity contribution in [2.45, 2.75) is 225 Å². The molecule has 0 bridgehead atoms. The molecule has 0 heterocycles. The van der Waals surface area contributed by atoms with E-state index in [1.54, 1.807) is 0 Å². The Morgan fingerprint density at radius 3 is 1.38 bits per heavy atom. The molecule has 9 heteroatoms. The molecule has 0 aromatic carbocycles. The Balaban J connectivity index is 4.00. The van der Waals surface area contributed by atoms with Crippen LogP contribution in [0.2, 0.25) is 0 Å². The summed E-state index contributed by atoms with van der Waals surface area (Å²) in [5.41, 5.74) is 5.38. The van der Waals surface area contributed by atoms with E-state index in [2.05, 4.69) is 74.6 Å². The summed E-state index contributed by atoms with van der Waals surface area (Å²) in [6.07, 6.45) is 59.7. The number of carbonyl (C=O) groups excluding carboxylic acids is 1. The number of carbonyl (C=O) groups is 1. The second-order valence-electron chi connectivity index (χ2n) is 16.3. The van der Waals surface area contributed by atoms with Gasteiger partial charge in [0.25, 0.3) is 0 Å². The van der Waals surface area contributed by atoms with Crippen LogP contribution in [0.25, 0.3) is 0 Å². The fourth-order valence-corrected chi connectivity index (χ4v) is 7.61. The van der Waals surface area contributed by atoms with Gasteiger partial charge in [-0.1, -0.05) is 216 Å². The van der Waals surface area contributed by atoms with Crippen molar-refractivity contribution in [2.75, 3.05) is 33.0 Å². The number of rotatable bonds is 47. The van der Waals surface area contributed by atoms with Crippen molar-refractivity contribution in [2.24, 2.45) is 5.73 Å². The van der Waals surface area contributed by atoms with Crippen molar-refractivity contribution in [1.82, 2.24) is 0 Å². The number of allylic oxidation sites excluding steroid dienone is 10. The minimum atomic E-state index is -4.29. The van der Waals surface area contributed by atoms with Crippen molar-refractivity contribution < 1.29 is 32.8 Å². The average Bonchev–Trinajstić information content (AvgIpc) is 3.24. The van der Waals surface area contributed by atoms with Gasteiger partial charge in [0.15, 0.2) is 0 Å². The molecule has 0 aliphatic heterocycles. The number of phosphoric ester groups is 1. The van der Waals surface area contributed by atoms with Gasteiger partial charge in [0.05, 0.1) is 19.8 Å². The molecule has 0 rings (SSSR count). The number of unbranched alkanes of at least 4 members (excludes halogenated alkanes) is 24. The lowest BCUT2D eigenvalue weighted by Crippen LogP contribution is -2.28. The van der Waals surface area contributed by atoms with Crippen LogP contribution in [0, 0.1) is 0 Å². The molecule has 0 saturated heterocycles. The molecule has 60 heavy (non-hydrogen) atoms. The molecular weight excluding hydrogens is 770 g/mol. The van der Waals surface area contributed by atoms with Gasteiger partial charge in [-0.25, -0.2) is 4.57 Å². The first-order valence-electron chi connectivity index (χ1n) is 24.8. The minimum Gasteiger partial charge on any atom is -0.457 e. The van der Waals surface area contributed by atoms with Crippen molar-refractivity contribution in [1.29, 1.82) is 0 Å². The van der Waals surface area contributed by atoms with Gasteiger partial charge in [-0.15, -0.1) is 0 Å². The smallest absolute Gasteiger partial charge is 0.457 e. The number of nitrogens with two attached hydrogens (primary N) is 1. The van der Waals surface area contributed by atoms with Gasteiger partial charge >= 0.3 is 13.8 Å². The summed E-state index contributed by atoms with van der Waals surface area (Å²) < 4.78 is 33.5. The average molecular weight is 864 g/mol. The van der Waals surface area contributed by atoms with Crippen LogP contribution in [0.5, 0.6) is 0 Å². The lowest BCUT2D eigenvalue weighted by atomic mass is 10.0. The highest BCUT2D eigenvalue weighted by Gasteiger charge is 2.25. The summed E-state index contributed by atoms with van der Waals surface area (Å²) >= 11 is 0. The van der Waals surface area contributed by atoms with Crippen molar-refractivity contribution in [3.8, 4) is 0 Å². The summed E-state index contributed by atoms with van der Waals surface area (Å²) in [4.78, 5) is 22.6. The third-order valence-electron chi connectivity index (χ3n) is 10.4. The molecule has 2 atom stereocenters. The molecule has 0 aliphatic rings. The van der Waals surface area contributed by atoms with Crippen LogP contribution in [0.3, 0.4) is 0 Å². The lowest BCUT2D eigenvalue weighted by Gasteiger charge is -2.20. The first kappa shape index (κ1) is 58.2. The largest absolute Gasteiger partial charge is 0.472 e. The van der Waals surface area contributed by atoms with Crippen LogP contribution < -0.4 is 5.73 Å². The van der Waals surface area contributed by atoms with E-state index in [-0.39, 0.29) is 38.8 Å². The van der Waals surface area contributed by atoms with E-state index in [1.807, 2.05) is 0 Å². The molecule has 0 aromatic rings. The summed E-state index contributed by atoms with van der Waals surface area (Å²) in [5.74, 6) is -0.359. The van der Waals surface area contributed by atoms with Gasteiger partial charge in [0.1, 0.15) is 6.10 Å². The van der Waals surface area contributed by atoms with Crippen LogP contribution in [0.15, 0.2) is 60.8 Å². The predicted molar refractivity (Wildman–Crippen MR) is 256 cm³/mol. The maximum atomic E-state index is 12.6. The maximum absolute atomic E-state index is 12.6. The Hall–Kier alpha value is -1.80. The van der Waals surface area contributed by atoms with E-state index in [0.717, 1.165) is 70.6 Å². The van der Waals surface area contributed by atoms with Gasteiger partial charge in [0.2, 0.25) is 0 Å².